The third-order valence-electron chi connectivity index (χ3n) is 3.57. The van der Waals surface area contributed by atoms with Crippen LogP contribution >= 0.6 is 12.4 Å². The molecule has 0 bridgehead atoms. The Kier molecular flexibility index (Phi) is 8.47. The molecule has 7 nitrogen and oxygen atoms in total. The van der Waals surface area contributed by atoms with E-state index in [1.54, 1.807) is 31.4 Å². The van der Waals surface area contributed by atoms with Gasteiger partial charge in [0, 0.05) is 38.9 Å². The second kappa shape index (κ2) is 9.83. The van der Waals surface area contributed by atoms with Crippen LogP contribution < -0.4 is 14.9 Å². The van der Waals surface area contributed by atoms with E-state index in [1.165, 1.54) is 4.31 Å². The zero-order valence-electron chi connectivity index (χ0n) is 13.7. The number of anilines is 1. The lowest BCUT2D eigenvalue weighted by molar-refractivity contribution is 0.0953. The minimum atomic E-state index is -3.23. The number of amides is 1. The summed E-state index contributed by atoms with van der Waals surface area (Å²) < 4.78 is 30.2. The largest absolute Gasteiger partial charge is 0.383 e. The van der Waals surface area contributed by atoms with Gasteiger partial charge in [-0.25, -0.2) is 8.42 Å². The highest BCUT2D eigenvalue weighted by Crippen LogP contribution is 2.24. The molecular weight excluding hydrogens is 354 g/mol. The number of benzene rings is 1. The monoisotopic (exact) mass is 377 g/mol. The Labute approximate surface area is 149 Å². The lowest BCUT2D eigenvalue weighted by Crippen LogP contribution is -2.33. The first kappa shape index (κ1) is 20.7. The molecule has 1 amide bonds. The molecule has 0 aliphatic carbocycles. The minimum Gasteiger partial charge on any atom is -0.383 e. The maximum Gasteiger partial charge on any atom is 0.251 e. The second-order valence-corrected chi connectivity index (χ2v) is 7.30. The highest BCUT2D eigenvalue weighted by Gasteiger charge is 2.28. The van der Waals surface area contributed by atoms with E-state index in [9.17, 15) is 13.2 Å². The van der Waals surface area contributed by atoms with Gasteiger partial charge in [-0.1, -0.05) is 6.07 Å². The Bertz CT molecular complexity index is 639. The van der Waals surface area contributed by atoms with Crippen molar-refractivity contribution in [3.8, 4) is 0 Å². The summed E-state index contributed by atoms with van der Waals surface area (Å²) in [4.78, 5) is 12.1. The molecule has 0 spiro atoms. The predicted molar refractivity (Wildman–Crippen MR) is 96.5 cm³/mol. The molecular formula is C15H24ClN3O4S. The van der Waals surface area contributed by atoms with Crippen LogP contribution in [0.5, 0.6) is 0 Å². The quantitative estimate of drug-likeness (QED) is 0.648. The Hall–Kier alpha value is -1.35. The van der Waals surface area contributed by atoms with E-state index < -0.39 is 10.0 Å². The average molecular weight is 378 g/mol. The van der Waals surface area contributed by atoms with Gasteiger partial charge in [0.15, 0.2) is 0 Å². The van der Waals surface area contributed by atoms with Gasteiger partial charge < -0.3 is 15.4 Å². The predicted octanol–water partition coefficient (Wildman–Crippen LogP) is 0.614. The maximum absolute atomic E-state index is 12.1. The number of rotatable bonds is 8. The Morgan fingerprint density at radius 1 is 1.29 bits per heavy atom. The molecule has 24 heavy (non-hydrogen) atoms. The Morgan fingerprint density at radius 2 is 2.08 bits per heavy atom. The van der Waals surface area contributed by atoms with Gasteiger partial charge in [-0.15, -0.1) is 12.4 Å². The van der Waals surface area contributed by atoms with Gasteiger partial charge >= 0.3 is 0 Å². The van der Waals surface area contributed by atoms with Crippen molar-refractivity contribution in [1.82, 2.24) is 10.6 Å². The van der Waals surface area contributed by atoms with E-state index >= 15 is 0 Å². The fourth-order valence-corrected chi connectivity index (χ4v) is 3.95. The number of nitrogens with one attached hydrogen (secondary N) is 2. The van der Waals surface area contributed by atoms with Gasteiger partial charge in [-0.2, -0.15) is 0 Å². The molecule has 0 saturated carbocycles. The van der Waals surface area contributed by atoms with Crippen LogP contribution in [0.4, 0.5) is 5.69 Å². The molecule has 1 aliphatic rings. The Morgan fingerprint density at radius 3 is 2.75 bits per heavy atom. The van der Waals surface area contributed by atoms with Crippen LogP contribution in [0.25, 0.3) is 0 Å². The number of methoxy groups -OCH3 is 1. The Balaban J connectivity index is 0.00000288. The summed E-state index contributed by atoms with van der Waals surface area (Å²) in [5.41, 5.74) is 1.01. The molecule has 1 heterocycles. The third-order valence-corrected chi connectivity index (χ3v) is 5.44. The highest BCUT2D eigenvalue weighted by molar-refractivity contribution is 7.93. The first-order valence-electron chi connectivity index (χ1n) is 7.63. The van der Waals surface area contributed by atoms with Crippen LogP contribution in [-0.2, 0) is 14.8 Å². The molecule has 0 atom stereocenters. The van der Waals surface area contributed by atoms with E-state index in [-0.39, 0.29) is 24.1 Å². The third kappa shape index (κ3) is 5.62. The number of hydrogen-bond acceptors (Lipinski definition) is 5. The molecule has 0 radical (unpaired) electrons. The molecule has 0 unspecified atom stereocenters. The van der Waals surface area contributed by atoms with Crippen LogP contribution in [0.2, 0.25) is 0 Å². The standard InChI is InChI=1S/C15H23N3O4S.ClH/c1-22-10-8-16-6-7-17-15(19)13-4-2-5-14(12-13)18-9-3-11-23(18,20)21;/h2,4-5,12,16H,3,6-11H2,1H3,(H,17,19);1H. The molecule has 1 fully saturated rings. The van der Waals surface area contributed by atoms with Gasteiger partial charge in [-0.3, -0.25) is 9.10 Å². The molecule has 1 saturated heterocycles. The average Bonchev–Trinajstić information content (AvgIpc) is 2.90. The second-order valence-electron chi connectivity index (χ2n) is 5.29. The normalized spacial score (nSPS) is 15.8. The van der Waals surface area contributed by atoms with Crippen LogP contribution in [0.15, 0.2) is 24.3 Å². The number of carbonyl (C=O) groups is 1. The number of halogens is 1. The molecule has 1 aromatic rings. The number of sulfonamides is 1. The lowest BCUT2D eigenvalue weighted by atomic mass is 10.2. The van der Waals surface area contributed by atoms with Crippen LogP contribution in [0.1, 0.15) is 16.8 Å². The van der Waals surface area contributed by atoms with Crippen molar-refractivity contribution >= 4 is 34.0 Å². The van der Waals surface area contributed by atoms with Crippen molar-refractivity contribution < 1.29 is 17.9 Å². The highest BCUT2D eigenvalue weighted by atomic mass is 35.5. The van der Waals surface area contributed by atoms with Crippen LogP contribution in [-0.4, -0.2) is 60.0 Å². The summed E-state index contributed by atoms with van der Waals surface area (Å²) in [6, 6.07) is 6.72. The van der Waals surface area contributed by atoms with E-state index in [1.807, 2.05) is 0 Å². The van der Waals surface area contributed by atoms with Gasteiger partial charge in [-0.05, 0) is 24.6 Å². The molecule has 136 valence electrons. The summed E-state index contributed by atoms with van der Waals surface area (Å²) in [7, 11) is -1.60. The molecule has 2 N–H and O–H groups in total. The number of ether oxygens (including phenoxy) is 1. The van der Waals surface area contributed by atoms with Gasteiger partial charge in [0.05, 0.1) is 18.0 Å². The van der Waals surface area contributed by atoms with E-state index in [4.69, 9.17) is 4.74 Å². The van der Waals surface area contributed by atoms with E-state index in [2.05, 4.69) is 10.6 Å². The first-order valence-corrected chi connectivity index (χ1v) is 9.24. The van der Waals surface area contributed by atoms with Crippen LogP contribution in [0, 0.1) is 0 Å². The molecule has 1 aliphatic heterocycles. The van der Waals surface area contributed by atoms with Crippen molar-refractivity contribution in [2.45, 2.75) is 6.42 Å². The van der Waals surface area contributed by atoms with Crippen molar-refractivity contribution in [2.24, 2.45) is 0 Å². The van der Waals surface area contributed by atoms with E-state index in [0.717, 1.165) is 6.54 Å². The minimum absolute atomic E-state index is 0. The SMILES string of the molecule is COCCNCCNC(=O)c1cccc(N2CCCS2(=O)=O)c1.Cl. The van der Waals surface area contributed by atoms with Crippen molar-refractivity contribution in [2.75, 3.05) is 50.0 Å². The first-order chi connectivity index (χ1) is 11.0. The lowest BCUT2D eigenvalue weighted by Gasteiger charge is -2.17. The molecule has 1 aromatic carbocycles. The molecule has 9 heteroatoms. The number of carbonyl (C=O) groups excluding carboxylic acids is 1. The zero-order chi connectivity index (χ0) is 16.7. The van der Waals surface area contributed by atoms with Crippen LogP contribution in [0.3, 0.4) is 0 Å². The fourth-order valence-electron chi connectivity index (χ4n) is 2.40. The van der Waals surface area contributed by atoms with Crippen molar-refractivity contribution in [1.29, 1.82) is 0 Å². The van der Waals surface area contributed by atoms with Gasteiger partial charge in [0.2, 0.25) is 10.0 Å². The summed E-state index contributed by atoms with van der Waals surface area (Å²) in [5.74, 6) is -0.0479. The van der Waals surface area contributed by atoms with Gasteiger partial charge in [0.1, 0.15) is 0 Å². The summed E-state index contributed by atoms with van der Waals surface area (Å²) >= 11 is 0. The van der Waals surface area contributed by atoms with Gasteiger partial charge in [0.25, 0.3) is 5.91 Å². The van der Waals surface area contributed by atoms with Crippen molar-refractivity contribution in [3.05, 3.63) is 29.8 Å². The smallest absolute Gasteiger partial charge is 0.251 e. The topological polar surface area (TPSA) is 87.7 Å². The fraction of sp³-hybridized carbons (Fsp3) is 0.533. The number of nitrogens with zero attached hydrogens (tertiary/aromatic N) is 1. The van der Waals surface area contributed by atoms with Crippen molar-refractivity contribution in [3.63, 3.8) is 0 Å². The summed E-state index contributed by atoms with van der Waals surface area (Å²) in [5, 5.41) is 5.94. The maximum atomic E-state index is 12.1. The molecule has 0 aromatic heterocycles. The molecule has 2 rings (SSSR count). The number of hydrogen-bond donors (Lipinski definition) is 2. The van der Waals surface area contributed by atoms with E-state index in [0.29, 0.717) is 43.9 Å². The summed E-state index contributed by atoms with van der Waals surface area (Å²) in [6.07, 6.45) is 0.617. The zero-order valence-corrected chi connectivity index (χ0v) is 15.3. The summed E-state index contributed by atoms with van der Waals surface area (Å²) in [6.45, 7) is 2.97.